The van der Waals surface area contributed by atoms with Crippen molar-refractivity contribution in [1.29, 1.82) is 0 Å². The molecule has 0 atom stereocenters. The molecule has 4 heteroatoms. The Balaban J connectivity index is 1.46. The number of aryl methyl sites for hydroxylation is 2. The molecule has 20 heavy (non-hydrogen) atoms. The van der Waals surface area contributed by atoms with Gasteiger partial charge in [0.2, 0.25) is 0 Å². The predicted molar refractivity (Wildman–Crippen MR) is 81.5 cm³/mol. The molecular formula is C16H20N4. The van der Waals surface area contributed by atoms with Gasteiger partial charge in [0.15, 0.2) is 0 Å². The van der Waals surface area contributed by atoms with E-state index in [0.717, 1.165) is 25.9 Å². The third-order valence-corrected chi connectivity index (χ3v) is 3.56. The van der Waals surface area contributed by atoms with Crippen molar-refractivity contribution in [2.24, 2.45) is 7.05 Å². The van der Waals surface area contributed by atoms with Gasteiger partial charge < -0.3 is 10.3 Å². The molecule has 3 aromatic rings. The summed E-state index contributed by atoms with van der Waals surface area (Å²) in [5.74, 6) is 0. The number of fused-ring (bicyclic) bond motifs is 1. The van der Waals surface area contributed by atoms with Crippen LogP contribution in [0, 0.1) is 0 Å². The minimum atomic E-state index is 0.891. The summed E-state index contributed by atoms with van der Waals surface area (Å²) in [6, 6.07) is 8.47. The van der Waals surface area contributed by atoms with E-state index in [1.54, 1.807) is 0 Å². The van der Waals surface area contributed by atoms with E-state index in [1.807, 2.05) is 24.1 Å². The SMILES string of the molecule is Cn1cc(CNCCCc2c[nH]c3ccccc23)cn1. The number of nitrogens with one attached hydrogen (secondary N) is 2. The van der Waals surface area contributed by atoms with E-state index in [9.17, 15) is 0 Å². The minimum absolute atomic E-state index is 0.891. The number of nitrogens with zero attached hydrogens (tertiary/aromatic N) is 2. The Morgan fingerprint density at radius 3 is 3.05 bits per heavy atom. The van der Waals surface area contributed by atoms with Gasteiger partial charge in [-0.1, -0.05) is 18.2 Å². The maximum absolute atomic E-state index is 4.16. The highest BCUT2D eigenvalue weighted by Gasteiger charge is 2.02. The van der Waals surface area contributed by atoms with Crippen molar-refractivity contribution in [3.63, 3.8) is 0 Å². The van der Waals surface area contributed by atoms with Crippen LogP contribution in [-0.4, -0.2) is 21.3 Å². The number of para-hydroxylation sites is 1. The van der Waals surface area contributed by atoms with Gasteiger partial charge in [-0.05, 0) is 31.0 Å². The van der Waals surface area contributed by atoms with E-state index < -0.39 is 0 Å². The van der Waals surface area contributed by atoms with Gasteiger partial charge in [0, 0.05) is 42.5 Å². The first kappa shape index (κ1) is 12.9. The van der Waals surface area contributed by atoms with Crippen molar-refractivity contribution in [3.8, 4) is 0 Å². The Bertz CT molecular complexity index is 680. The fourth-order valence-electron chi connectivity index (χ4n) is 2.54. The number of benzene rings is 1. The summed E-state index contributed by atoms with van der Waals surface area (Å²) < 4.78 is 1.84. The summed E-state index contributed by atoms with van der Waals surface area (Å²) in [5.41, 5.74) is 3.87. The van der Waals surface area contributed by atoms with Crippen LogP contribution in [0.2, 0.25) is 0 Å². The van der Waals surface area contributed by atoms with Crippen LogP contribution in [0.25, 0.3) is 10.9 Å². The van der Waals surface area contributed by atoms with Gasteiger partial charge in [0.05, 0.1) is 6.20 Å². The van der Waals surface area contributed by atoms with Crippen LogP contribution < -0.4 is 5.32 Å². The fourth-order valence-corrected chi connectivity index (χ4v) is 2.54. The van der Waals surface area contributed by atoms with Crippen LogP contribution in [0.15, 0.2) is 42.9 Å². The summed E-state index contributed by atoms with van der Waals surface area (Å²) in [5, 5.41) is 8.97. The molecule has 0 spiro atoms. The molecule has 0 saturated carbocycles. The third kappa shape index (κ3) is 2.91. The maximum Gasteiger partial charge on any atom is 0.0534 e. The average Bonchev–Trinajstić information content (AvgIpc) is 3.05. The summed E-state index contributed by atoms with van der Waals surface area (Å²) in [6.45, 7) is 1.91. The van der Waals surface area contributed by atoms with Crippen LogP contribution in [0.3, 0.4) is 0 Å². The number of H-pyrrole nitrogens is 1. The molecule has 0 unspecified atom stereocenters. The molecule has 0 aliphatic rings. The molecule has 2 aromatic heterocycles. The first-order valence-corrected chi connectivity index (χ1v) is 7.06. The molecule has 0 saturated heterocycles. The average molecular weight is 268 g/mol. The smallest absolute Gasteiger partial charge is 0.0534 e. The van der Waals surface area contributed by atoms with Crippen molar-refractivity contribution in [1.82, 2.24) is 20.1 Å². The highest BCUT2D eigenvalue weighted by atomic mass is 15.2. The maximum atomic E-state index is 4.16. The monoisotopic (exact) mass is 268 g/mol. The summed E-state index contributed by atoms with van der Waals surface area (Å²) in [4.78, 5) is 3.33. The van der Waals surface area contributed by atoms with Crippen LogP contribution >= 0.6 is 0 Å². The molecule has 0 bridgehead atoms. The van der Waals surface area contributed by atoms with Gasteiger partial charge in [-0.25, -0.2) is 0 Å². The van der Waals surface area contributed by atoms with E-state index in [4.69, 9.17) is 0 Å². The lowest BCUT2D eigenvalue weighted by Crippen LogP contribution is -2.14. The zero-order valence-corrected chi connectivity index (χ0v) is 11.8. The Labute approximate surface area is 118 Å². The van der Waals surface area contributed by atoms with Gasteiger partial charge >= 0.3 is 0 Å². The number of hydrogen-bond donors (Lipinski definition) is 2. The fraction of sp³-hybridized carbons (Fsp3) is 0.312. The van der Waals surface area contributed by atoms with Crippen LogP contribution in [0.1, 0.15) is 17.5 Å². The van der Waals surface area contributed by atoms with Crippen molar-refractivity contribution in [2.75, 3.05) is 6.54 Å². The molecule has 0 fully saturated rings. The Morgan fingerprint density at radius 2 is 2.20 bits per heavy atom. The quantitative estimate of drug-likeness (QED) is 0.675. The molecule has 104 valence electrons. The standard InChI is InChI=1S/C16H20N4/c1-20-12-13(10-19-20)9-17-8-4-5-14-11-18-16-7-3-2-6-15(14)16/h2-3,6-7,10-12,17-18H,4-5,8-9H2,1H3. The Kier molecular flexibility index (Phi) is 3.83. The van der Waals surface area contributed by atoms with Crippen molar-refractivity contribution < 1.29 is 0 Å². The van der Waals surface area contributed by atoms with Crippen molar-refractivity contribution in [3.05, 3.63) is 54.0 Å². The number of aromatic nitrogens is 3. The number of aromatic amines is 1. The molecule has 0 amide bonds. The van der Waals surface area contributed by atoms with E-state index in [2.05, 4.69) is 45.9 Å². The first-order chi connectivity index (χ1) is 9.83. The molecule has 4 nitrogen and oxygen atoms in total. The van der Waals surface area contributed by atoms with E-state index in [0.29, 0.717) is 0 Å². The minimum Gasteiger partial charge on any atom is -0.361 e. The van der Waals surface area contributed by atoms with Crippen LogP contribution in [0.4, 0.5) is 0 Å². The van der Waals surface area contributed by atoms with E-state index in [-0.39, 0.29) is 0 Å². The molecule has 1 aromatic carbocycles. The number of hydrogen-bond acceptors (Lipinski definition) is 2. The summed E-state index contributed by atoms with van der Waals surface area (Å²) in [6.07, 6.45) is 8.33. The second kappa shape index (κ2) is 5.92. The van der Waals surface area contributed by atoms with Gasteiger partial charge in [0.25, 0.3) is 0 Å². The second-order valence-corrected chi connectivity index (χ2v) is 5.16. The molecule has 0 aliphatic heterocycles. The third-order valence-electron chi connectivity index (χ3n) is 3.56. The van der Waals surface area contributed by atoms with E-state index in [1.165, 1.54) is 22.0 Å². The van der Waals surface area contributed by atoms with Gasteiger partial charge in [0.1, 0.15) is 0 Å². The van der Waals surface area contributed by atoms with Crippen LogP contribution in [0.5, 0.6) is 0 Å². The van der Waals surface area contributed by atoms with E-state index >= 15 is 0 Å². The molecule has 2 heterocycles. The predicted octanol–water partition coefficient (Wildman–Crippen LogP) is 2.62. The molecule has 0 aliphatic carbocycles. The van der Waals surface area contributed by atoms with Crippen LogP contribution in [-0.2, 0) is 20.0 Å². The zero-order chi connectivity index (χ0) is 13.8. The molecule has 0 radical (unpaired) electrons. The number of rotatable bonds is 6. The highest BCUT2D eigenvalue weighted by molar-refractivity contribution is 5.82. The molecule has 3 rings (SSSR count). The molecule has 2 N–H and O–H groups in total. The lowest BCUT2D eigenvalue weighted by atomic mass is 10.1. The van der Waals surface area contributed by atoms with Crippen molar-refractivity contribution in [2.45, 2.75) is 19.4 Å². The van der Waals surface area contributed by atoms with Gasteiger partial charge in [-0.15, -0.1) is 0 Å². The largest absolute Gasteiger partial charge is 0.361 e. The van der Waals surface area contributed by atoms with Gasteiger partial charge in [-0.2, -0.15) is 5.10 Å². The second-order valence-electron chi connectivity index (χ2n) is 5.16. The lowest BCUT2D eigenvalue weighted by molar-refractivity contribution is 0.650. The summed E-state index contributed by atoms with van der Waals surface area (Å²) in [7, 11) is 1.94. The normalized spacial score (nSPS) is 11.2. The zero-order valence-electron chi connectivity index (χ0n) is 11.8. The Hall–Kier alpha value is -2.07. The Morgan fingerprint density at radius 1 is 1.30 bits per heavy atom. The lowest BCUT2D eigenvalue weighted by Gasteiger charge is -2.02. The van der Waals surface area contributed by atoms with Gasteiger partial charge in [-0.3, -0.25) is 4.68 Å². The van der Waals surface area contributed by atoms with Crippen molar-refractivity contribution >= 4 is 10.9 Å². The molecular weight excluding hydrogens is 248 g/mol. The first-order valence-electron chi connectivity index (χ1n) is 7.06. The summed E-state index contributed by atoms with van der Waals surface area (Å²) >= 11 is 0. The highest BCUT2D eigenvalue weighted by Crippen LogP contribution is 2.18. The topological polar surface area (TPSA) is 45.6 Å².